The molecule has 0 amide bonds. The molecule has 2 aromatic carbocycles. The van der Waals surface area contributed by atoms with E-state index in [2.05, 4.69) is 6.92 Å². The zero-order chi connectivity index (χ0) is 16.9. The molecule has 0 radical (unpaired) electrons. The van der Waals surface area contributed by atoms with E-state index in [4.69, 9.17) is 9.39 Å². The molecular weight excluding hydrogens is 299 g/mol. The van der Waals surface area contributed by atoms with Crippen LogP contribution in [0.3, 0.4) is 0 Å². The summed E-state index contributed by atoms with van der Waals surface area (Å²) in [5.41, 5.74) is 4.18. The molecule has 0 bridgehead atoms. The van der Waals surface area contributed by atoms with E-state index in [1.807, 2.05) is 54.6 Å². The lowest BCUT2D eigenvalue weighted by Crippen LogP contribution is -2.15. The third kappa shape index (κ3) is 3.40. The molecule has 3 rings (SSSR count). The first-order valence-corrected chi connectivity index (χ1v) is 8.50. The van der Waals surface area contributed by atoms with Crippen LogP contribution in [0.1, 0.15) is 43.4 Å². The van der Waals surface area contributed by atoms with E-state index in [-0.39, 0.29) is 6.10 Å². The van der Waals surface area contributed by atoms with Gasteiger partial charge in [-0.2, -0.15) is 0 Å². The maximum absolute atomic E-state index is 10.5. The summed E-state index contributed by atoms with van der Waals surface area (Å²) in [5, 5.41) is 10.5. The topological polar surface area (TPSA) is 38.7 Å². The summed E-state index contributed by atoms with van der Waals surface area (Å²) in [6.45, 7) is 2.18. The highest BCUT2D eigenvalue weighted by Gasteiger charge is 2.38. The van der Waals surface area contributed by atoms with E-state index in [0.717, 1.165) is 41.6 Å². The minimum absolute atomic E-state index is 0.201. The predicted molar refractivity (Wildman–Crippen MR) is 97.7 cm³/mol. The fraction of sp³-hybridized carbons (Fsp3) is 0.300. The lowest BCUT2D eigenvalue weighted by Gasteiger charge is -2.17. The zero-order valence-corrected chi connectivity index (χ0v) is 14.2. The van der Waals surface area contributed by atoms with Crippen LogP contribution in [0.2, 0.25) is 0 Å². The van der Waals surface area contributed by atoms with Gasteiger partial charge in [0.2, 0.25) is 0 Å². The molecule has 0 saturated heterocycles. The molecular formula is C20H23BO3. The number of unbranched alkanes of at least 4 members (excludes halogenated alkanes) is 1. The van der Waals surface area contributed by atoms with Gasteiger partial charge in [0.05, 0.1) is 13.2 Å². The molecule has 1 aliphatic heterocycles. The summed E-state index contributed by atoms with van der Waals surface area (Å²) in [5.74, 6) is 0.819. The fourth-order valence-corrected chi connectivity index (χ4v) is 3.22. The normalized spacial score (nSPS) is 17.5. The molecule has 2 aromatic rings. The Morgan fingerprint density at radius 3 is 2.42 bits per heavy atom. The van der Waals surface area contributed by atoms with Crippen LogP contribution in [0.4, 0.5) is 0 Å². The Kier molecular flexibility index (Phi) is 5.39. The quantitative estimate of drug-likeness (QED) is 0.800. The van der Waals surface area contributed by atoms with Gasteiger partial charge in [-0.05, 0) is 47.1 Å². The van der Waals surface area contributed by atoms with Crippen molar-refractivity contribution in [3.63, 3.8) is 0 Å². The van der Waals surface area contributed by atoms with E-state index < -0.39 is 7.12 Å². The van der Waals surface area contributed by atoms with Crippen molar-refractivity contribution >= 4 is 12.6 Å². The third-order valence-corrected chi connectivity index (χ3v) is 4.48. The minimum atomic E-state index is -0.883. The van der Waals surface area contributed by atoms with Gasteiger partial charge in [0.25, 0.3) is 0 Å². The molecule has 0 saturated carbocycles. The van der Waals surface area contributed by atoms with Crippen LogP contribution in [0.25, 0.3) is 5.47 Å². The number of rotatable bonds is 6. The summed E-state index contributed by atoms with van der Waals surface area (Å²) in [7, 11) is 0.775. The molecule has 0 aliphatic carbocycles. The van der Waals surface area contributed by atoms with Gasteiger partial charge in [0.1, 0.15) is 5.75 Å². The van der Waals surface area contributed by atoms with Crippen LogP contribution in [0, 0.1) is 0 Å². The zero-order valence-electron chi connectivity index (χ0n) is 14.2. The van der Waals surface area contributed by atoms with Crippen LogP contribution >= 0.6 is 0 Å². The first-order valence-electron chi connectivity index (χ1n) is 8.50. The van der Waals surface area contributed by atoms with Gasteiger partial charge >= 0.3 is 7.12 Å². The Bertz CT molecular complexity index is 695. The second-order valence-corrected chi connectivity index (χ2v) is 6.05. The molecule has 1 unspecified atom stereocenters. The summed E-state index contributed by atoms with van der Waals surface area (Å²) in [6.07, 6.45) is 2.91. The average molecular weight is 322 g/mol. The lowest BCUT2D eigenvalue weighted by molar-refractivity contribution is 0.217. The van der Waals surface area contributed by atoms with Crippen molar-refractivity contribution in [3.05, 3.63) is 71.3 Å². The van der Waals surface area contributed by atoms with Gasteiger partial charge in [-0.25, -0.2) is 0 Å². The molecule has 124 valence electrons. The van der Waals surface area contributed by atoms with Gasteiger partial charge in [-0.15, -0.1) is 0 Å². The minimum Gasteiger partial charge on any atom is -0.497 e. The molecule has 0 fully saturated rings. The highest BCUT2D eigenvalue weighted by atomic mass is 16.5. The van der Waals surface area contributed by atoms with Crippen molar-refractivity contribution in [2.45, 2.75) is 32.3 Å². The van der Waals surface area contributed by atoms with Crippen molar-refractivity contribution in [3.8, 4) is 5.75 Å². The summed E-state index contributed by atoms with van der Waals surface area (Å²) in [4.78, 5) is 0. The van der Waals surface area contributed by atoms with Gasteiger partial charge in [0.15, 0.2) is 0 Å². The average Bonchev–Trinajstić information content (AvgIpc) is 2.97. The number of methoxy groups -OCH3 is 1. The monoisotopic (exact) mass is 322 g/mol. The van der Waals surface area contributed by atoms with Crippen LogP contribution in [0.5, 0.6) is 5.75 Å². The van der Waals surface area contributed by atoms with E-state index in [9.17, 15) is 5.02 Å². The number of benzene rings is 2. The molecule has 4 heteroatoms. The smallest absolute Gasteiger partial charge is 0.492 e. The van der Waals surface area contributed by atoms with Crippen LogP contribution < -0.4 is 4.74 Å². The maximum Gasteiger partial charge on any atom is 0.492 e. The summed E-state index contributed by atoms with van der Waals surface area (Å²) >= 11 is 0. The van der Waals surface area contributed by atoms with Gasteiger partial charge in [0, 0.05) is 0 Å². The molecule has 0 spiro atoms. The summed E-state index contributed by atoms with van der Waals surface area (Å²) < 4.78 is 11.2. The predicted octanol–water partition coefficient (Wildman–Crippen LogP) is 4.43. The van der Waals surface area contributed by atoms with Crippen molar-refractivity contribution in [1.82, 2.24) is 0 Å². The highest BCUT2D eigenvalue weighted by Crippen LogP contribution is 2.42. The van der Waals surface area contributed by atoms with Gasteiger partial charge in [-0.3, -0.25) is 0 Å². The lowest BCUT2D eigenvalue weighted by atomic mass is 9.73. The Hall–Kier alpha value is -2.04. The number of ether oxygens (including phenoxy) is 1. The second-order valence-electron chi connectivity index (χ2n) is 6.05. The van der Waals surface area contributed by atoms with Gasteiger partial charge < -0.3 is 14.4 Å². The molecule has 3 nitrogen and oxygen atoms in total. The Morgan fingerprint density at radius 1 is 1.08 bits per heavy atom. The molecule has 24 heavy (non-hydrogen) atoms. The molecule has 0 aromatic heterocycles. The standard InChI is InChI=1S/C20H23BO3/c1-3-4-10-18-19(15-8-6-5-7-9-15)21(22)24-20(18)16-11-13-17(23-2)14-12-16/h5-9,11-14,20,22H,3-4,10H2,1-2H3. The Labute approximate surface area is 144 Å². The number of hydrogen-bond acceptors (Lipinski definition) is 3. The highest BCUT2D eigenvalue weighted by molar-refractivity contribution is 6.68. The van der Waals surface area contributed by atoms with Crippen molar-refractivity contribution < 1.29 is 14.4 Å². The SMILES string of the molecule is CCCCC1=C(c2ccccc2)B(O)OC1c1ccc(OC)cc1. The van der Waals surface area contributed by atoms with Gasteiger partial charge in [-0.1, -0.05) is 55.8 Å². The largest absolute Gasteiger partial charge is 0.497 e. The number of hydrogen-bond donors (Lipinski definition) is 1. The first-order chi connectivity index (χ1) is 11.7. The maximum atomic E-state index is 10.5. The Balaban J connectivity index is 2.00. The van der Waals surface area contributed by atoms with Crippen molar-refractivity contribution in [2.24, 2.45) is 0 Å². The third-order valence-electron chi connectivity index (χ3n) is 4.48. The van der Waals surface area contributed by atoms with Crippen LogP contribution in [-0.4, -0.2) is 19.3 Å². The fourth-order valence-electron chi connectivity index (χ4n) is 3.22. The molecule has 1 atom stereocenters. The first kappa shape index (κ1) is 16.8. The molecule has 1 heterocycles. The second kappa shape index (κ2) is 7.69. The van der Waals surface area contributed by atoms with Crippen molar-refractivity contribution in [2.75, 3.05) is 7.11 Å². The van der Waals surface area contributed by atoms with Crippen molar-refractivity contribution in [1.29, 1.82) is 0 Å². The molecule has 1 N–H and O–H groups in total. The van der Waals surface area contributed by atoms with E-state index in [0.29, 0.717) is 0 Å². The van der Waals surface area contributed by atoms with E-state index >= 15 is 0 Å². The Morgan fingerprint density at radius 2 is 1.79 bits per heavy atom. The van der Waals surface area contributed by atoms with E-state index in [1.165, 1.54) is 5.57 Å². The summed E-state index contributed by atoms with van der Waals surface area (Å²) in [6, 6.07) is 17.9. The van der Waals surface area contributed by atoms with Crippen LogP contribution in [0.15, 0.2) is 60.2 Å². The molecule has 1 aliphatic rings. The van der Waals surface area contributed by atoms with Crippen LogP contribution in [-0.2, 0) is 4.65 Å². The van der Waals surface area contributed by atoms with E-state index in [1.54, 1.807) is 7.11 Å².